The molecule has 0 amide bonds. The molecule has 0 aliphatic heterocycles. The smallest absolute Gasteiger partial charge is 1.00 e. The summed E-state index contributed by atoms with van der Waals surface area (Å²) in [5, 5.41) is 0. The molecule has 64 valence electrons. The minimum absolute atomic E-state index is 0. The molecular formula is C7H10BaO3S. The van der Waals surface area contributed by atoms with Crippen LogP contribution in [-0.4, -0.2) is 61.9 Å². The van der Waals surface area contributed by atoms with Crippen LogP contribution in [0.5, 0.6) is 0 Å². The second-order valence-electron chi connectivity index (χ2n) is 2.21. The van der Waals surface area contributed by atoms with E-state index in [9.17, 15) is 8.42 Å². The first-order chi connectivity index (χ1) is 5.08. The molecule has 1 N–H and O–H groups in total. The second-order valence-corrected chi connectivity index (χ2v) is 3.66. The molecule has 0 aromatic heterocycles. The zero-order valence-electron chi connectivity index (χ0n) is 8.47. The third-order valence-corrected chi connectivity index (χ3v) is 1.89. The van der Waals surface area contributed by atoms with Crippen molar-refractivity contribution in [1.82, 2.24) is 0 Å². The molecule has 3 nitrogen and oxygen atoms in total. The van der Waals surface area contributed by atoms with Gasteiger partial charge in [-0.25, -0.2) is 0 Å². The van der Waals surface area contributed by atoms with E-state index in [1.54, 1.807) is 30.3 Å². The van der Waals surface area contributed by atoms with Crippen LogP contribution in [0.15, 0.2) is 30.3 Å². The van der Waals surface area contributed by atoms with E-state index in [0.29, 0.717) is 5.56 Å². The predicted molar refractivity (Wildman–Crippen MR) is 49.7 cm³/mol. The number of hydrogen-bond acceptors (Lipinski definition) is 2. The van der Waals surface area contributed by atoms with Crippen LogP contribution in [0.3, 0.4) is 0 Å². The van der Waals surface area contributed by atoms with Crippen LogP contribution in [0.4, 0.5) is 0 Å². The SMILES string of the molecule is O=S(=O)(O)Cc1ccccc1.[Ba+2].[H-].[H-]. The summed E-state index contributed by atoms with van der Waals surface area (Å²) in [4.78, 5) is 0. The maximum atomic E-state index is 10.4. The minimum Gasteiger partial charge on any atom is -1.00 e. The van der Waals surface area contributed by atoms with Gasteiger partial charge in [-0.1, -0.05) is 30.3 Å². The van der Waals surface area contributed by atoms with Crippen LogP contribution in [0.1, 0.15) is 8.42 Å². The van der Waals surface area contributed by atoms with Crippen molar-refractivity contribution in [3.05, 3.63) is 35.9 Å². The van der Waals surface area contributed by atoms with Gasteiger partial charge in [0.05, 0.1) is 0 Å². The van der Waals surface area contributed by atoms with Gasteiger partial charge in [-0.15, -0.1) is 0 Å². The Kier molecular flexibility index (Phi) is 5.75. The van der Waals surface area contributed by atoms with Gasteiger partial charge in [-0.3, -0.25) is 4.55 Å². The van der Waals surface area contributed by atoms with Crippen molar-refractivity contribution < 1.29 is 15.8 Å². The molecular weight excluding hydrogens is 301 g/mol. The normalized spacial score (nSPS) is 10.4. The average Bonchev–Trinajstić information content (AvgIpc) is 1.85. The molecule has 0 atom stereocenters. The molecule has 0 unspecified atom stereocenters. The number of benzene rings is 1. The van der Waals surface area contributed by atoms with E-state index in [0.717, 1.165) is 0 Å². The molecule has 0 bridgehead atoms. The molecule has 1 aromatic carbocycles. The Morgan fingerprint density at radius 2 is 1.75 bits per heavy atom. The van der Waals surface area contributed by atoms with Crippen molar-refractivity contribution in [2.45, 2.75) is 5.75 Å². The summed E-state index contributed by atoms with van der Waals surface area (Å²) in [5.74, 6) is -0.312. The molecule has 0 saturated heterocycles. The van der Waals surface area contributed by atoms with Crippen molar-refractivity contribution in [1.29, 1.82) is 0 Å². The van der Waals surface area contributed by atoms with E-state index in [1.807, 2.05) is 0 Å². The molecule has 1 aromatic rings. The molecule has 5 heteroatoms. The van der Waals surface area contributed by atoms with Crippen LogP contribution < -0.4 is 0 Å². The standard InChI is InChI=1S/C7H8O3S.Ba.2H/c8-11(9,10)6-7-4-2-1-3-5-7;;;/h1-5H,6H2,(H,8,9,10);;;/q;+2;2*-1. The van der Waals surface area contributed by atoms with Gasteiger partial charge in [0, 0.05) is 0 Å². The van der Waals surface area contributed by atoms with Gasteiger partial charge in [0.2, 0.25) is 0 Å². The van der Waals surface area contributed by atoms with E-state index in [-0.39, 0.29) is 57.5 Å². The zero-order valence-corrected chi connectivity index (χ0v) is 11.7. The fourth-order valence-corrected chi connectivity index (χ4v) is 1.40. The van der Waals surface area contributed by atoms with Crippen molar-refractivity contribution in [2.24, 2.45) is 0 Å². The number of hydrogen-bond donors (Lipinski definition) is 1. The molecule has 12 heavy (non-hydrogen) atoms. The quantitative estimate of drug-likeness (QED) is 0.653. The maximum absolute atomic E-state index is 10.4. The summed E-state index contributed by atoms with van der Waals surface area (Å²) in [5.41, 5.74) is 0.593. The fraction of sp³-hybridized carbons (Fsp3) is 0.143. The van der Waals surface area contributed by atoms with Gasteiger partial charge in [0.25, 0.3) is 10.1 Å². The van der Waals surface area contributed by atoms with Crippen molar-refractivity contribution in [3.63, 3.8) is 0 Å². The first-order valence-corrected chi connectivity index (χ1v) is 4.68. The molecule has 0 saturated carbocycles. The third kappa shape index (κ3) is 5.37. The van der Waals surface area contributed by atoms with Gasteiger partial charge in [-0.05, 0) is 5.56 Å². The van der Waals surface area contributed by atoms with Crippen molar-refractivity contribution in [2.75, 3.05) is 0 Å². The topological polar surface area (TPSA) is 54.4 Å². The van der Waals surface area contributed by atoms with Gasteiger partial charge < -0.3 is 2.85 Å². The summed E-state index contributed by atoms with van der Waals surface area (Å²) in [6, 6.07) is 8.52. The minimum atomic E-state index is -3.88. The van der Waals surface area contributed by atoms with Crippen LogP contribution in [-0.2, 0) is 15.9 Å². The van der Waals surface area contributed by atoms with Crippen LogP contribution in [0.25, 0.3) is 0 Å². The summed E-state index contributed by atoms with van der Waals surface area (Å²) in [7, 11) is -3.88. The summed E-state index contributed by atoms with van der Waals surface area (Å²) < 4.78 is 29.2. The maximum Gasteiger partial charge on any atom is 2.00 e. The monoisotopic (exact) mass is 312 g/mol. The zero-order chi connectivity index (χ0) is 8.32. The third-order valence-electron chi connectivity index (χ3n) is 1.19. The van der Waals surface area contributed by atoms with Crippen LogP contribution >= 0.6 is 0 Å². The molecule has 0 fully saturated rings. The second kappa shape index (κ2) is 5.44. The van der Waals surface area contributed by atoms with E-state index in [4.69, 9.17) is 4.55 Å². The average molecular weight is 312 g/mol. The Balaban J connectivity index is -0.000000403. The van der Waals surface area contributed by atoms with Gasteiger partial charge >= 0.3 is 48.9 Å². The van der Waals surface area contributed by atoms with E-state index < -0.39 is 10.1 Å². The molecule has 0 spiro atoms. The summed E-state index contributed by atoms with van der Waals surface area (Å²) in [6.07, 6.45) is 0. The van der Waals surface area contributed by atoms with Crippen LogP contribution in [0.2, 0.25) is 0 Å². The molecule has 0 radical (unpaired) electrons. The summed E-state index contributed by atoms with van der Waals surface area (Å²) in [6.45, 7) is 0. The Morgan fingerprint density at radius 3 is 2.17 bits per heavy atom. The summed E-state index contributed by atoms with van der Waals surface area (Å²) >= 11 is 0. The van der Waals surface area contributed by atoms with E-state index in [1.165, 1.54) is 0 Å². The Bertz CT molecular complexity index is 328. The molecule has 0 aliphatic rings. The number of rotatable bonds is 2. The predicted octanol–water partition coefficient (Wildman–Crippen LogP) is 0.919. The fourth-order valence-electron chi connectivity index (χ4n) is 0.785. The van der Waals surface area contributed by atoms with Crippen molar-refractivity contribution in [3.8, 4) is 0 Å². The van der Waals surface area contributed by atoms with Crippen LogP contribution in [0, 0.1) is 0 Å². The molecule has 0 heterocycles. The van der Waals surface area contributed by atoms with Gasteiger partial charge in [0.15, 0.2) is 0 Å². The van der Waals surface area contributed by atoms with Gasteiger partial charge in [-0.2, -0.15) is 8.42 Å². The largest absolute Gasteiger partial charge is 2.00 e. The van der Waals surface area contributed by atoms with Crippen molar-refractivity contribution >= 4 is 59.0 Å². The van der Waals surface area contributed by atoms with Gasteiger partial charge in [0.1, 0.15) is 5.75 Å². The Morgan fingerprint density at radius 1 is 1.25 bits per heavy atom. The Hall–Kier alpha value is 0.701. The molecule has 0 aliphatic carbocycles. The first kappa shape index (κ1) is 12.7. The van der Waals surface area contributed by atoms with E-state index >= 15 is 0 Å². The Labute approximate surface area is 115 Å². The first-order valence-electron chi connectivity index (χ1n) is 3.07. The van der Waals surface area contributed by atoms with E-state index in [2.05, 4.69) is 0 Å². The molecule has 1 rings (SSSR count).